The molecule has 4 N–H and O–H groups in total. The van der Waals surface area contributed by atoms with Crippen LogP contribution >= 0.6 is 0 Å². The number of aromatic hydroxyl groups is 2. The van der Waals surface area contributed by atoms with Gasteiger partial charge in [-0.25, -0.2) is 0 Å². The molecule has 1 aromatic heterocycles. The molecule has 0 aliphatic heterocycles. The molecule has 0 saturated heterocycles. The van der Waals surface area contributed by atoms with Crippen LogP contribution in [0, 0.1) is 13.8 Å². The Morgan fingerprint density at radius 1 is 1.07 bits per heavy atom. The van der Waals surface area contributed by atoms with E-state index in [9.17, 15) is 0 Å². The molecule has 7 heteroatoms. The van der Waals surface area contributed by atoms with E-state index in [0.717, 1.165) is 0 Å². The molecule has 0 aliphatic carbocycles. The van der Waals surface area contributed by atoms with E-state index in [2.05, 4.69) is 0 Å². The molecule has 14 heavy (non-hydrogen) atoms. The minimum atomic E-state index is -2.61. The van der Waals surface area contributed by atoms with Crippen molar-refractivity contribution >= 4 is 11.4 Å². The zero-order chi connectivity index (χ0) is 11.5. The van der Waals surface area contributed by atoms with E-state index in [0.29, 0.717) is 11.4 Å². The minimum absolute atomic E-state index is 0.0139. The van der Waals surface area contributed by atoms with Gasteiger partial charge in [-0.15, -0.1) is 0 Å². The molecule has 82 valence electrons. The van der Waals surface area contributed by atoms with Gasteiger partial charge in [0.05, 0.1) is 11.4 Å². The van der Waals surface area contributed by atoms with Gasteiger partial charge in [0.1, 0.15) is 0 Å². The zero-order valence-corrected chi connectivity index (χ0v) is 8.87. The van der Waals surface area contributed by atoms with E-state index in [4.69, 9.17) is 23.5 Å². The Morgan fingerprint density at radius 2 is 1.29 bits per heavy atom. The summed E-state index contributed by atoms with van der Waals surface area (Å²) in [5.74, 6) is -0.0278. The van der Waals surface area contributed by atoms with Crippen LogP contribution in [-0.2, 0) is 18.4 Å². The highest BCUT2D eigenvalue weighted by atomic mass is 32.2. The summed E-state index contributed by atoms with van der Waals surface area (Å²) in [4.78, 5) is 0. The van der Waals surface area contributed by atoms with Crippen LogP contribution in [0.2, 0.25) is 0 Å². The molecular formula is C7H13NO5S. The second-order valence-electron chi connectivity index (χ2n) is 2.66. The fourth-order valence-corrected chi connectivity index (χ4v) is 0.912. The first-order valence-corrected chi connectivity index (χ1v) is 4.69. The number of nitrogens with zero attached hydrogens (tertiary/aromatic N) is 1. The number of rotatable bonds is 0. The number of hydrogen-bond acceptors (Lipinski definition) is 3. The molecular weight excluding hydrogens is 210 g/mol. The number of aromatic nitrogens is 1. The van der Waals surface area contributed by atoms with Crippen LogP contribution in [0.25, 0.3) is 0 Å². The molecule has 0 bridgehead atoms. The van der Waals surface area contributed by atoms with Gasteiger partial charge >= 0.3 is 0 Å². The third kappa shape index (κ3) is 3.02. The van der Waals surface area contributed by atoms with E-state index < -0.39 is 11.4 Å². The molecule has 0 radical (unpaired) electrons. The fraction of sp³-hybridized carbons (Fsp3) is 0.429. The SMILES string of the molecule is Cc1c(O)c(O)c(C)n1C.O=S(O)O. The second-order valence-corrected chi connectivity index (χ2v) is 3.12. The summed E-state index contributed by atoms with van der Waals surface area (Å²) in [7, 11) is 1.80. The van der Waals surface area contributed by atoms with Crippen LogP contribution in [-0.4, -0.2) is 28.1 Å². The van der Waals surface area contributed by atoms with Crippen LogP contribution in [0.3, 0.4) is 0 Å². The molecule has 6 nitrogen and oxygen atoms in total. The van der Waals surface area contributed by atoms with Gasteiger partial charge in [-0.3, -0.25) is 9.11 Å². The maximum absolute atomic E-state index is 9.14. The van der Waals surface area contributed by atoms with Crippen LogP contribution in [0.1, 0.15) is 11.4 Å². The first-order chi connectivity index (χ1) is 6.29. The maximum Gasteiger partial charge on any atom is 0.299 e. The highest BCUT2D eigenvalue weighted by Gasteiger charge is 2.12. The van der Waals surface area contributed by atoms with Crippen LogP contribution in [0.4, 0.5) is 0 Å². The van der Waals surface area contributed by atoms with Crippen molar-refractivity contribution in [3.8, 4) is 11.5 Å². The van der Waals surface area contributed by atoms with E-state index in [-0.39, 0.29) is 11.5 Å². The summed E-state index contributed by atoms with van der Waals surface area (Å²) in [6.07, 6.45) is 0. The summed E-state index contributed by atoms with van der Waals surface area (Å²) in [5.41, 5.74) is 1.38. The van der Waals surface area contributed by atoms with Gasteiger partial charge in [-0.05, 0) is 13.8 Å². The molecule has 0 aliphatic rings. The quantitative estimate of drug-likeness (QED) is 0.486. The van der Waals surface area contributed by atoms with Gasteiger partial charge in [0.15, 0.2) is 11.5 Å². The van der Waals surface area contributed by atoms with Gasteiger partial charge < -0.3 is 14.8 Å². The van der Waals surface area contributed by atoms with Crippen molar-refractivity contribution in [3.63, 3.8) is 0 Å². The zero-order valence-electron chi connectivity index (χ0n) is 8.05. The van der Waals surface area contributed by atoms with Crippen molar-refractivity contribution in [3.05, 3.63) is 11.4 Å². The van der Waals surface area contributed by atoms with Crippen LogP contribution < -0.4 is 0 Å². The van der Waals surface area contributed by atoms with Gasteiger partial charge in [-0.1, -0.05) is 0 Å². The molecule has 0 aromatic carbocycles. The average Bonchev–Trinajstić information content (AvgIpc) is 2.23. The summed E-state index contributed by atoms with van der Waals surface area (Å²) < 4.78 is 24.6. The van der Waals surface area contributed by atoms with Crippen LogP contribution in [0.5, 0.6) is 11.5 Å². The highest BCUT2D eigenvalue weighted by molar-refractivity contribution is 7.73. The summed E-state index contributed by atoms with van der Waals surface area (Å²) in [5, 5.41) is 18.3. The van der Waals surface area contributed by atoms with Crippen LogP contribution in [0.15, 0.2) is 0 Å². The molecule has 0 atom stereocenters. The number of hydrogen-bond donors (Lipinski definition) is 4. The van der Waals surface area contributed by atoms with Crippen molar-refractivity contribution < 1.29 is 23.5 Å². The second kappa shape index (κ2) is 4.99. The predicted molar refractivity (Wildman–Crippen MR) is 51.6 cm³/mol. The van der Waals surface area contributed by atoms with E-state index in [1.807, 2.05) is 0 Å². The summed E-state index contributed by atoms with van der Waals surface area (Å²) in [6.45, 7) is 3.50. The maximum atomic E-state index is 9.14. The average molecular weight is 223 g/mol. The van der Waals surface area contributed by atoms with E-state index >= 15 is 0 Å². The van der Waals surface area contributed by atoms with Crippen molar-refractivity contribution in [1.29, 1.82) is 0 Å². The van der Waals surface area contributed by atoms with Gasteiger partial charge in [0, 0.05) is 7.05 Å². The molecule has 1 aromatic rings. The Hall–Kier alpha value is -1.05. The lowest BCUT2D eigenvalue weighted by Gasteiger charge is -1.96. The van der Waals surface area contributed by atoms with Crippen molar-refractivity contribution in [1.82, 2.24) is 4.57 Å². The van der Waals surface area contributed by atoms with Gasteiger partial charge in [-0.2, -0.15) is 4.21 Å². The van der Waals surface area contributed by atoms with Crippen molar-refractivity contribution in [2.45, 2.75) is 13.8 Å². The Balaban J connectivity index is 0.000000364. The predicted octanol–water partition coefficient (Wildman–Crippen LogP) is 0.734. The first kappa shape index (κ1) is 12.9. The Morgan fingerprint density at radius 3 is 1.36 bits per heavy atom. The molecule has 0 unspecified atom stereocenters. The third-order valence-corrected chi connectivity index (χ3v) is 1.92. The van der Waals surface area contributed by atoms with Crippen molar-refractivity contribution in [2.24, 2.45) is 7.05 Å². The lowest BCUT2D eigenvalue weighted by Crippen LogP contribution is -1.91. The molecule has 1 rings (SSSR count). The molecule has 0 amide bonds. The lowest BCUT2D eigenvalue weighted by molar-refractivity contribution is 0.403. The largest absolute Gasteiger partial charge is 0.503 e. The monoisotopic (exact) mass is 223 g/mol. The Bertz CT molecular complexity index is 262. The minimum Gasteiger partial charge on any atom is -0.503 e. The summed E-state index contributed by atoms with van der Waals surface area (Å²) >= 11 is -2.61. The molecule has 0 fully saturated rings. The molecule has 1 heterocycles. The highest BCUT2D eigenvalue weighted by Crippen LogP contribution is 2.33. The normalized spacial score (nSPS) is 9.86. The van der Waals surface area contributed by atoms with E-state index in [1.54, 1.807) is 25.5 Å². The van der Waals surface area contributed by atoms with Crippen molar-refractivity contribution in [2.75, 3.05) is 0 Å². The lowest BCUT2D eigenvalue weighted by atomic mass is 10.4. The standard InChI is InChI=1S/C7H11NO2.H2O3S/c1-4-6(9)7(10)5(2)8(4)3;1-4(2)3/h9-10H,1-3H3;(H2,1,2,3). The molecule has 0 spiro atoms. The Labute approximate surface area is 83.9 Å². The third-order valence-electron chi connectivity index (χ3n) is 1.92. The van der Waals surface area contributed by atoms with E-state index in [1.165, 1.54) is 0 Å². The van der Waals surface area contributed by atoms with Gasteiger partial charge in [0.2, 0.25) is 0 Å². The first-order valence-electron chi connectivity index (χ1n) is 3.62. The molecule has 0 saturated carbocycles. The summed E-state index contributed by atoms with van der Waals surface area (Å²) in [6, 6.07) is 0. The smallest absolute Gasteiger partial charge is 0.299 e. The fourth-order valence-electron chi connectivity index (χ4n) is 0.912. The van der Waals surface area contributed by atoms with Gasteiger partial charge in [0.25, 0.3) is 11.4 Å². The topological polar surface area (TPSA) is 103 Å². The Kier molecular flexibility index (Phi) is 4.61.